The number of aromatic nitrogens is 5. The highest BCUT2D eigenvalue weighted by Gasteiger charge is 2.34. The van der Waals surface area contributed by atoms with Crippen LogP contribution in [-0.2, 0) is 4.79 Å². The highest BCUT2D eigenvalue weighted by molar-refractivity contribution is 6.12. The normalized spacial score (nSPS) is 14.3. The van der Waals surface area contributed by atoms with Gasteiger partial charge in [-0.25, -0.2) is 19.0 Å². The van der Waals surface area contributed by atoms with Crippen LogP contribution in [0.5, 0.6) is 0 Å². The molecule has 1 saturated heterocycles. The van der Waals surface area contributed by atoms with E-state index in [9.17, 15) is 14.0 Å². The van der Waals surface area contributed by atoms with Gasteiger partial charge in [0.05, 0.1) is 11.4 Å². The summed E-state index contributed by atoms with van der Waals surface area (Å²) >= 11 is 0. The third kappa shape index (κ3) is 2.80. The largest absolute Gasteiger partial charge is 0.423 e. The van der Waals surface area contributed by atoms with E-state index < -0.39 is 11.7 Å². The maximum Gasteiger partial charge on any atom is 0.302 e. The molecular weight excluding hydrogens is 395 g/mol. The molecule has 0 bridgehead atoms. The number of nitrogens with one attached hydrogen (secondary N) is 1. The quantitative estimate of drug-likeness (QED) is 0.515. The van der Waals surface area contributed by atoms with Gasteiger partial charge in [0.1, 0.15) is 23.5 Å². The van der Waals surface area contributed by atoms with Crippen molar-refractivity contribution in [3.63, 3.8) is 0 Å². The number of halogens is 1. The molecule has 0 radical (unpaired) electrons. The van der Waals surface area contributed by atoms with Gasteiger partial charge in [-0.05, 0) is 12.1 Å². The van der Waals surface area contributed by atoms with Crippen molar-refractivity contribution in [3.8, 4) is 0 Å². The minimum atomic E-state index is -0.630. The lowest BCUT2D eigenvalue weighted by molar-refractivity contribution is -0.134. The van der Waals surface area contributed by atoms with Crippen molar-refractivity contribution < 1.29 is 18.4 Å². The van der Waals surface area contributed by atoms with Crippen molar-refractivity contribution in [3.05, 3.63) is 36.0 Å². The van der Waals surface area contributed by atoms with Crippen LogP contribution >= 0.6 is 0 Å². The second-order valence-electron chi connectivity index (χ2n) is 6.91. The van der Waals surface area contributed by atoms with E-state index in [1.807, 2.05) is 0 Å². The van der Waals surface area contributed by atoms with Gasteiger partial charge in [0.2, 0.25) is 5.91 Å². The standard InChI is InChI=1S/C18H15FN8O3/c1-8(28)26-5-10(6-26)27-16-13(15(20)21-7-22-16)14(25-27)17(29)24-18-23-11-4-9(19)2-3-12(11)30-18/h2-4,7,10H,5-6H2,1H3,(H2,20,21,22)(H,23,24,29). The number of oxazole rings is 1. The molecule has 5 rings (SSSR count). The van der Waals surface area contributed by atoms with Crippen LogP contribution in [0, 0.1) is 5.82 Å². The fourth-order valence-electron chi connectivity index (χ4n) is 3.39. The highest BCUT2D eigenvalue weighted by Crippen LogP contribution is 2.29. The summed E-state index contributed by atoms with van der Waals surface area (Å²) in [7, 11) is 0. The maximum atomic E-state index is 13.4. The van der Waals surface area contributed by atoms with Crippen molar-refractivity contribution in [1.29, 1.82) is 0 Å². The highest BCUT2D eigenvalue weighted by atomic mass is 19.1. The maximum absolute atomic E-state index is 13.4. The van der Waals surface area contributed by atoms with Crippen molar-refractivity contribution in [2.75, 3.05) is 24.1 Å². The lowest BCUT2D eigenvalue weighted by atomic mass is 10.1. The van der Waals surface area contributed by atoms with E-state index >= 15 is 0 Å². The molecule has 0 atom stereocenters. The van der Waals surface area contributed by atoms with Crippen molar-refractivity contribution in [2.24, 2.45) is 0 Å². The van der Waals surface area contributed by atoms with Crippen LogP contribution in [0.3, 0.4) is 0 Å². The predicted octanol–water partition coefficient (Wildman–Crippen LogP) is 1.34. The number of carbonyl (C=O) groups is 2. The Kier molecular flexibility index (Phi) is 3.88. The number of benzene rings is 1. The molecule has 0 spiro atoms. The Morgan fingerprint density at radius 3 is 2.87 bits per heavy atom. The Bertz CT molecular complexity index is 1320. The Balaban J connectivity index is 1.50. The Morgan fingerprint density at radius 1 is 1.30 bits per heavy atom. The molecule has 4 aromatic rings. The van der Waals surface area contributed by atoms with Gasteiger partial charge in [-0.3, -0.25) is 14.9 Å². The molecular formula is C18H15FN8O3. The number of hydrogen-bond donors (Lipinski definition) is 2. The minimum Gasteiger partial charge on any atom is -0.423 e. The Labute approximate surface area is 167 Å². The molecule has 1 fully saturated rings. The number of nitrogens with zero attached hydrogens (tertiary/aromatic N) is 6. The van der Waals surface area contributed by atoms with Crippen molar-refractivity contribution in [1.82, 2.24) is 29.6 Å². The summed E-state index contributed by atoms with van der Waals surface area (Å²) in [4.78, 5) is 38.3. The molecule has 0 aliphatic carbocycles. The molecule has 11 nitrogen and oxygen atoms in total. The van der Waals surface area contributed by atoms with Crippen LogP contribution in [0.25, 0.3) is 22.1 Å². The molecule has 4 heterocycles. The molecule has 3 aromatic heterocycles. The monoisotopic (exact) mass is 410 g/mol. The van der Waals surface area contributed by atoms with Crippen LogP contribution in [0.4, 0.5) is 16.2 Å². The first-order valence-corrected chi connectivity index (χ1v) is 9.02. The number of nitrogens with two attached hydrogens (primary N) is 1. The van der Waals surface area contributed by atoms with Gasteiger partial charge in [0, 0.05) is 26.1 Å². The van der Waals surface area contributed by atoms with Crippen molar-refractivity contribution in [2.45, 2.75) is 13.0 Å². The van der Waals surface area contributed by atoms with E-state index in [0.717, 1.165) is 0 Å². The fraction of sp³-hybridized carbons (Fsp3) is 0.222. The predicted molar refractivity (Wildman–Crippen MR) is 103 cm³/mol. The van der Waals surface area contributed by atoms with Crippen LogP contribution in [0.1, 0.15) is 23.5 Å². The molecule has 30 heavy (non-hydrogen) atoms. The third-order valence-corrected chi connectivity index (χ3v) is 4.96. The fourth-order valence-corrected chi connectivity index (χ4v) is 3.39. The van der Waals surface area contributed by atoms with Gasteiger partial charge >= 0.3 is 6.01 Å². The summed E-state index contributed by atoms with van der Waals surface area (Å²) in [6, 6.07) is 3.60. The number of hydrogen-bond acceptors (Lipinski definition) is 8. The molecule has 1 aliphatic rings. The Morgan fingerprint density at radius 2 is 2.10 bits per heavy atom. The minimum absolute atomic E-state index is 0.00203. The molecule has 1 aromatic carbocycles. The number of anilines is 2. The number of rotatable bonds is 3. The Hall–Kier alpha value is -4.09. The second kappa shape index (κ2) is 6.47. The average Bonchev–Trinajstić information content (AvgIpc) is 3.22. The summed E-state index contributed by atoms with van der Waals surface area (Å²) in [6.45, 7) is 2.39. The van der Waals surface area contributed by atoms with Gasteiger partial charge in [-0.15, -0.1) is 0 Å². The first-order chi connectivity index (χ1) is 14.4. The van der Waals surface area contributed by atoms with Gasteiger partial charge in [-0.1, -0.05) is 0 Å². The van der Waals surface area contributed by atoms with Gasteiger partial charge in [-0.2, -0.15) is 10.1 Å². The van der Waals surface area contributed by atoms with Crippen LogP contribution in [-0.4, -0.2) is 54.5 Å². The zero-order valence-electron chi connectivity index (χ0n) is 15.7. The van der Waals surface area contributed by atoms with Crippen LogP contribution in [0.2, 0.25) is 0 Å². The van der Waals surface area contributed by atoms with Gasteiger partial charge in [0.15, 0.2) is 16.9 Å². The summed E-state index contributed by atoms with van der Waals surface area (Å²) in [6.07, 6.45) is 1.29. The summed E-state index contributed by atoms with van der Waals surface area (Å²) in [5.41, 5.74) is 6.96. The van der Waals surface area contributed by atoms with E-state index in [1.54, 1.807) is 9.58 Å². The van der Waals surface area contributed by atoms with E-state index in [2.05, 4.69) is 25.4 Å². The molecule has 1 aliphatic heterocycles. The van der Waals surface area contributed by atoms with Crippen LogP contribution in [0.15, 0.2) is 28.9 Å². The molecule has 152 valence electrons. The third-order valence-electron chi connectivity index (χ3n) is 4.96. The lowest BCUT2D eigenvalue weighted by Crippen LogP contribution is -2.50. The lowest BCUT2D eigenvalue weighted by Gasteiger charge is -2.38. The number of fused-ring (bicyclic) bond motifs is 2. The molecule has 12 heteroatoms. The number of carbonyl (C=O) groups excluding carboxylic acids is 2. The van der Waals surface area contributed by atoms with E-state index in [4.69, 9.17) is 10.2 Å². The smallest absolute Gasteiger partial charge is 0.302 e. The zero-order chi connectivity index (χ0) is 21.0. The molecule has 0 saturated carbocycles. The molecule has 2 amide bonds. The number of amides is 2. The molecule has 0 unspecified atom stereocenters. The van der Waals surface area contributed by atoms with Gasteiger partial charge < -0.3 is 15.1 Å². The number of nitrogen functional groups attached to an aromatic ring is 1. The summed E-state index contributed by atoms with van der Waals surface area (Å²) < 4.78 is 20.4. The van der Waals surface area contributed by atoms with E-state index in [-0.39, 0.29) is 35.0 Å². The first kappa shape index (κ1) is 18.0. The average molecular weight is 410 g/mol. The first-order valence-electron chi connectivity index (χ1n) is 9.02. The number of likely N-dealkylation sites (tertiary alicyclic amines) is 1. The topological polar surface area (TPSA) is 145 Å². The van der Waals surface area contributed by atoms with E-state index in [1.165, 1.54) is 31.5 Å². The van der Waals surface area contributed by atoms with Crippen LogP contribution < -0.4 is 11.1 Å². The van der Waals surface area contributed by atoms with Gasteiger partial charge in [0.25, 0.3) is 5.91 Å². The SMILES string of the molecule is CC(=O)N1CC(n2nc(C(=O)Nc3nc4cc(F)ccc4o3)c3c(N)ncnc32)C1. The zero-order valence-corrected chi connectivity index (χ0v) is 15.7. The van der Waals surface area contributed by atoms with Crippen molar-refractivity contribution >= 4 is 45.8 Å². The van der Waals surface area contributed by atoms with E-state index in [0.29, 0.717) is 29.7 Å². The summed E-state index contributed by atoms with van der Waals surface area (Å²) in [5, 5.41) is 7.19. The second-order valence-corrected chi connectivity index (χ2v) is 6.91. The molecule has 3 N–H and O–H groups in total. The summed E-state index contributed by atoms with van der Waals surface area (Å²) in [5.74, 6) is -1.04.